The molecule has 0 amide bonds. The summed E-state index contributed by atoms with van der Waals surface area (Å²) in [6.07, 6.45) is 6.19. The van der Waals surface area contributed by atoms with Crippen LogP contribution in [0.3, 0.4) is 0 Å². The second-order valence-electron chi connectivity index (χ2n) is 9.67. The Morgan fingerprint density at radius 3 is 2.53 bits per heavy atom. The maximum Gasteiger partial charge on any atom is 0.344 e. The summed E-state index contributed by atoms with van der Waals surface area (Å²) in [5.74, 6) is 0.932. The minimum atomic E-state index is -0.402. The van der Waals surface area contributed by atoms with Crippen LogP contribution in [0.5, 0.6) is 11.5 Å². The highest BCUT2D eigenvalue weighted by Gasteiger charge is 2.40. The molecule has 1 heterocycles. The van der Waals surface area contributed by atoms with Crippen molar-refractivity contribution in [1.82, 2.24) is 5.43 Å². The lowest BCUT2D eigenvalue weighted by atomic mass is 9.78. The molecule has 4 rings (SSSR count). The van der Waals surface area contributed by atoms with Gasteiger partial charge in [0.25, 0.3) is 0 Å². The molecule has 0 radical (unpaired) electrons. The number of aryl methyl sites for hydroxylation is 3. The SMILES string of the molecule is CCOC(=O)COc1ccc2c(c1)C(=NNC(=S)Nc1c(C)cc(C)cc1C)CC1(CCCCC1)O2. The molecule has 0 aromatic heterocycles. The average molecular weight is 510 g/mol. The van der Waals surface area contributed by atoms with Crippen LogP contribution < -0.4 is 20.2 Å². The van der Waals surface area contributed by atoms with Gasteiger partial charge < -0.3 is 19.5 Å². The number of esters is 1. The van der Waals surface area contributed by atoms with Gasteiger partial charge in [-0.05, 0) is 94.9 Å². The lowest BCUT2D eigenvalue weighted by Crippen LogP contribution is -2.44. The first-order valence-corrected chi connectivity index (χ1v) is 13.0. The molecule has 2 N–H and O–H groups in total. The summed E-state index contributed by atoms with van der Waals surface area (Å²) in [7, 11) is 0. The third kappa shape index (κ3) is 6.16. The van der Waals surface area contributed by atoms with Crippen molar-refractivity contribution in [2.24, 2.45) is 5.10 Å². The summed E-state index contributed by atoms with van der Waals surface area (Å²) in [5, 5.41) is 8.48. The number of benzene rings is 2. The fourth-order valence-electron chi connectivity index (χ4n) is 5.14. The molecule has 2 aromatic rings. The van der Waals surface area contributed by atoms with E-state index in [-0.39, 0.29) is 12.2 Å². The Morgan fingerprint density at radius 2 is 1.83 bits per heavy atom. The molecule has 1 saturated carbocycles. The fourth-order valence-corrected chi connectivity index (χ4v) is 5.29. The van der Waals surface area contributed by atoms with Crippen LogP contribution in [0.2, 0.25) is 0 Å². The third-order valence-corrected chi connectivity index (χ3v) is 6.91. The van der Waals surface area contributed by atoms with Gasteiger partial charge in [0.2, 0.25) is 0 Å². The van der Waals surface area contributed by atoms with Crippen LogP contribution in [0.4, 0.5) is 5.69 Å². The van der Waals surface area contributed by atoms with Gasteiger partial charge in [-0.15, -0.1) is 0 Å². The first-order valence-electron chi connectivity index (χ1n) is 12.6. The van der Waals surface area contributed by atoms with E-state index in [1.54, 1.807) is 6.92 Å². The molecular weight excluding hydrogens is 474 g/mol. The highest BCUT2D eigenvalue weighted by Crippen LogP contribution is 2.43. The lowest BCUT2D eigenvalue weighted by molar-refractivity contribution is -0.145. The largest absolute Gasteiger partial charge is 0.486 e. The van der Waals surface area contributed by atoms with Gasteiger partial charge in [-0.3, -0.25) is 5.43 Å². The van der Waals surface area contributed by atoms with E-state index in [9.17, 15) is 4.79 Å². The molecule has 192 valence electrons. The number of ether oxygens (including phenoxy) is 3. The van der Waals surface area contributed by atoms with Crippen molar-refractivity contribution in [3.8, 4) is 11.5 Å². The van der Waals surface area contributed by atoms with Crippen LogP contribution in [0.1, 0.15) is 67.7 Å². The van der Waals surface area contributed by atoms with E-state index in [0.29, 0.717) is 23.9 Å². The monoisotopic (exact) mass is 509 g/mol. The van der Waals surface area contributed by atoms with Gasteiger partial charge in [-0.25, -0.2) is 4.79 Å². The number of hydrogen-bond acceptors (Lipinski definition) is 6. The zero-order valence-electron chi connectivity index (χ0n) is 21.5. The van der Waals surface area contributed by atoms with E-state index in [1.807, 2.05) is 18.2 Å². The number of hydrazone groups is 1. The molecule has 8 heteroatoms. The molecule has 7 nitrogen and oxygen atoms in total. The number of rotatable bonds is 6. The minimum Gasteiger partial charge on any atom is -0.486 e. The topological polar surface area (TPSA) is 81.2 Å². The molecule has 2 aliphatic rings. The number of hydrogen-bond donors (Lipinski definition) is 2. The summed E-state index contributed by atoms with van der Waals surface area (Å²) in [4.78, 5) is 11.7. The van der Waals surface area contributed by atoms with E-state index >= 15 is 0 Å². The van der Waals surface area contributed by atoms with Gasteiger partial charge >= 0.3 is 5.97 Å². The van der Waals surface area contributed by atoms with Gasteiger partial charge in [0.15, 0.2) is 11.7 Å². The summed E-state index contributed by atoms with van der Waals surface area (Å²) < 4.78 is 17.2. The molecule has 36 heavy (non-hydrogen) atoms. The van der Waals surface area contributed by atoms with Crippen molar-refractivity contribution < 1.29 is 19.0 Å². The molecule has 2 aromatic carbocycles. The van der Waals surface area contributed by atoms with E-state index in [2.05, 4.69) is 43.6 Å². The molecule has 0 unspecified atom stereocenters. The summed E-state index contributed by atoms with van der Waals surface area (Å²) in [6, 6.07) is 9.85. The number of carbonyl (C=O) groups excluding carboxylic acids is 1. The maximum atomic E-state index is 11.7. The molecule has 1 aliphatic heterocycles. The van der Waals surface area contributed by atoms with Crippen LogP contribution >= 0.6 is 12.2 Å². The van der Waals surface area contributed by atoms with Crippen LogP contribution in [0, 0.1) is 20.8 Å². The predicted octanol–water partition coefficient (Wildman–Crippen LogP) is 5.73. The van der Waals surface area contributed by atoms with Gasteiger partial charge in [0.1, 0.15) is 17.1 Å². The van der Waals surface area contributed by atoms with Crippen molar-refractivity contribution in [1.29, 1.82) is 0 Å². The van der Waals surface area contributed by atoms with Crippen molar-refractivity contribution in [3.63, 3.8) is 0 Å². The summed E-state index contributed by atoms with van der Waals surface area (Å²) in [5.41, 5.74) is 8.97. The molecule has 1 spiro atoms. The van der Waals surface area contributed by atoms with Crippen LogP contribution in [0.15, 0.2) is 35.4 Å². The van der Waals surface area contributed by atoms with E-state index in [4.69, 9.17) is 31.5 Å². The second kappa shape index (κ2) is 11.3. The number of fused-ring (bicyclic) bond motifs is 1. The van der Waals surface area contributed by atoms with Crippen molar-refractivity contribution in [3.05, 3.63) is 52.6 Å². The Hall–Kier alpha value is -3.13. The standard InChI is InChI=1S/C28H35N3O4S/c1-5-33-25(32)17-34-21-9-10-24-22(15-21)23(16-28(35-24)11-7-6-8-12-28)30-31-27(36)29-26-19(3)13-18(2)14-20(26)4/h9-10,13-15H,5-8,11-12,16-17H2,1-4H3,(H2,29,31,36). The van der Waals surface area contributed by atoms with Crippen molar-refractivity contribution in [2.75, 3.05) is 18.5 Å². The average Bonchev–Trinajstić information content (AvgIpc) is 2.84. The van der Waals surface area contributed by atoms with Gasteiger partial charge in [-0.2, -0.15) is 5.10 Å². The zero-order chi connectivity index (χ0) is 25.7. The minimum absolute atomic E-state index is 0.147. The molecule has 1 aliphatic carbocycles. The Kier molecular flexibility index (Phi) is 8.14. The van der Waals surface area contributed by atoms with E-state index < -0.39 is 5.97 Å². The first kappa shape index (κ1) is 25.9. The number of anilines is 1. The van der Waals surface area contributed by atoms with Crippen molar-refractivity contribution >= 4 is 34.7 Å². The van der Waals surface area contributed by atoms with Gasteiger partial charge in [0, 0.05) is 17.7 Å². The maximum absolute atomic E-state index is 11.7. The zero-order valence-corrected chi connectivity index (χ0v) is 22.3. The Balaban J connectivity index is 1.56. The molecule has 1 fully saturated rings. The van der Waals surface area contributed by atoms with Gasteiger partial charge in [-0.1, -0.05) is 24.1 Å². The molecule has 0 atom stereocenters. The number of nitrogens with one attached hydrogen (secondary N) is 2. The fraction of sp³-hybridized carbons (Fsp3) is 0.464. The normalized spacial score (nSPS) is 17.2. The highest BCUT2D eigenvalue weighted by atomic mass is 32.1. The Labute approximate surface area is 218 Å². The molecule has 0 saturated heterocycles. The summed E-state index contributed by atoms with van der Waals surface area (Å²) in [6.45, 7) is 8.16. The molecular formula is C28H35N3O4S. The van der Waals surface area contributed by atoms with Gasteiger partial charge in [0.05, 0.1) is 12.3 Å². The quantitative estimate of drug-likeness (QED) is 0.292. The van der Waals surface area contributed by atoms with Crippen LogP contribution in [0.25, 0.3) is 0 Å². The first-order chi connectivity index (χ1) is 17.3. The number of carbonyl (C=O) groups is 1. The number of thiocarbonyl (C=S) groups is 1. The predicted molar refractivity (Wildman–Crippen MR) is 146 cm³/mol. The smallest absolute Gasteiger partial charge is 0.344 e. The Bertz CT molecular complexity index is 1150. The lowest BCUT2D eigenvalue weighted by Gasteiger charge is -2.41. The summed E-state index contributed by atoms with van der Waals surface area (Å²) >= 11 is 5.59. The van der Waals surface area contributed by atoms with Crippen LogP contribution in [-0.4, -0.2) is 35.6 Å². The second-order valence-corrected chi connectivity index (χ2v) is 10.1. The van der Waals surface area contributed by atoms with E-state index in [0.717, 1.165) is 59.5 Å². The van der Waals surface area contributed by atoms with Crippen molar-refractivity contribution in [2.45, 2.75) is 71.8 Å². The van der Waals surface area contributed by atoms with Crippen LogP contribution in [-0.2, 0) is 9.53 Å². The highest BCUT2D eigenvalue weighted by molar-refractivity contribution is 7.80. The molecule has 0 bridgehead atoms. The Morgan fingerprint density at radius 1 is 1.11 bits per heavy atom. The third-order valence-electron chi connectivity index (χ3n) is 6.71. The van der Waals surface area contributed by atoms with E-state index in [1.165, 1.54) is 12.0 Å². The number of nitrogens with zero attached hydrogens (tertiary/aromatic N) is 1.